The summed E-state index contributed by atoms with van der Waals surface area (Å²) in [5.41, 5.74) is -0.460. The molecule has 0 spiro atoms. The van der Waals surface area contributed by atoms with E-state index in [1.165, 1.54) is 6.92 Å². The van der Waals surface area contributed by atoms with Gasteiger partial charge < -0.3 is 19.9 Å². The monoisotopic (exact) mass is 439 g/mol. The molecule has 1 heterocycles. The summed E-state index contributed by atoms with van der Waals surface area (Å²) >= 11 is 6.78. The first-order valence-electron chi connectivity index (χ1n) is 10.8. The van der Waals surface area contributed by atoms with E-state index in [1.807, 2.05) is 0 Å². The van der Waals surface area contributed by atoms with Gasteiger partial charge in [0.1, 0.15) is 6.54 Å². The molecule has 5 aliphatic rings. The molecule has 4 bridgehead atoms. The zero-order valence-corrected chi connectivity index (χ0v) is 18.2. The number of carbonyl (C=O) groups is 4. The molecular formula is C21H30ClN3O5. The minimum atomic E-state index is -0.621. The highest BCUT2D eigenvalue weighted by atomic mass is 35.5. The Kier molecular flexibility index (Phi) is 5.72. The number of ether oxygens (including phenoxy) is 1. The normalized spacial score (nSPS) is 34.6. The zero-order valence-electron chi connectivity index (χ0n) is 17.5. The molecule has 30 heavy (non-hydrogen) atoms. The van der Waals surface area contributed by atoms with Crippen LogP contribution in [-0.4, -0.2) is 77.7 Å². The van der Waals surface area contributed by atoms with Gasteiger partial charge in [-0.1, -0.05) is 0 Å². The van der Waals surface area contributed by atoms with E-state index in [0.717, 1.165) is 32.1 Å². The maximum Gasteiger partial charge on any atom is 0.325 e. The maximum absolute atomic E-state index is 12.9. The summed E-state index contributed by atoms with van der Waals surface area (Å²) in [6, 6.07) is 0. The fraction of sp³-hybridized carbons (Fsp3) is 0.810. The predicted octanol–water partition coefficient (Wildman–Crippen LogP) is 0.914. The van der Waals surface area contributed by atoms with E-state index in [0.29, 0.717) is 44.4 Å². The number of nitrogens with one attached hydrogen (secondary N) is 1. The summed E-state index contributed by atoms with van der Waals surface area (Å²) in [7, 11) is 0. The lowest BCUT2D eigenvalue weighted by Crippen LogP contribution is -2.58. The molecule has 8 nitrogen and oxygen atoms in total. The number of hydrogen-bond acceptors (Lipinski definition) is 5. The second kappa shape index (κ2) is 8.02. The van der Waals surface area contributed by atoms with Crippen molar-refractivity contribution in [3.05, 3.63) is 0 Å². The fourth-order valence-corrected chi connectivity index (χ4v) is 7.00. The zero-order chi connectivity index (χ0) is 21.5. The van der Waals surface area contributed by atoms with E-state index in [1.54, 1.807) is 9.80 Å². The van der Waals surface area contributed by atoms with Gasteiger partial charge in [0.05, 0.1) is 5.41 Å². The number of rotatable bonds is 5. The average molecular weight is 440 g/mol. The van der Waals surface area contributed by atoms with Crippen LogP contribution in [0.3, 0.4) is 0 Å². The van der Waals surface area contributed by atoms with E-state index in [9.17, 15) is 19.2 Å². The van der Waals surface area contributed by atoms with Gasteiger partial charge in [-0.25, -0.2) is 0 Å². The Morgan fingerprint density at radius 1 is 1.00 bits per heavy atom. The lowest BCUT2D eigenvalue weighted by Gasteiger charge is -2.59. The van der Waals surface area contributed by atoms with Gasteiger partial charge >= 0.3 is 5.97 Å². The van der Waals surface area contributed by atoms with Gasteiger partial charge in [-0.2, -0.15) is 0 Å². The number of piperazine rings is 1. The molecule has 0 aromatic carbocycles. The quantitative estimate of drug-likeness (QED) is 0.507. The number of esters is 1. The Morgan fingerprint density at radius 3 is 2.17 bits per heavy atom. The van der Waals surface area contributed by atoms with Crippen molar-refractivity contribution in [2.45, 2.75) is 50.3 Å². The molecular weight excluding hydrogens is 410 g/mol. The largest absolute Gasteiger partial charge is 0.454 e. The number of carbonyl (C=O) groups excluding carboxylic acids is 4. The topological polar surface area (TPSA) is 96.0 Å². The van der Waals surface area contributed by atoms with Crippen molar-refractivity contribution in [3.8, 4) is 0 Å². The minimum absolute atomic E-state index is 0.0108. The second-order valence-electron chi connectivity index (χ2n) is 9.62. The summed E-state index contributed by atoms with van der Waals surface area (Å²) in [6.07, 6.45) is 5.53. The van der Waals surface area contributed by atoms with Crippen LogP contribution >= 0.6 is 11.6 Å². The molecule has 1 aliphatic heterocycles. The van der Waals surface area contributed by atoms with Crippen molar-refractivity contribution in [2.24, 2.45) is 17.3 Å². The first-order valence-corrected chi connectivity index (χ1v) is 11.2. The SMILES string of the molecule is CC(=O)N1CCN(C(=O)COC(=O)CNC(=O)C23C[C@H]4C[C@@H](CC(Cl)(C4)C2)C3)CC1. The lowest BCUT2D eigenvalue weighted by atomic mass is 9.49. The van der Waals surface area contributed by atoms with Gasteiger partial charge in [0.25, 0.3) is 5.91 Å². The highest BCUT2D eigenvalue weighted by Crippen LogP contribution is 2.63. The summed E-state index contributed by atoms with van der Waals surface area (Å²) in [5, 5.41) is 2.74. The standard InChI is InChI=1S/C21H30ClN3O5/c1-14(26)24-2-4-25(5-3-24)17(27)12-30-18(28)11-23-19(29)20-7-15-6-16(8-20)10-21(22,9-15)13-20/h15-16H,2-13H2,1H3,(H,23,29)/t15-,16-,20?,21?/m1/s1. The van der Waals surface area contributed by atoms with Crippen LogP contribution in [-0.2, 0) is 23.9 Å². The van der Waals surface area contributed by atoms with Crippen molar-refractivity contribution in [1.29, 1.82) is 0 Å². The van der Waals surface area contributed by atoms with E-state index < -0.39 is 11.4 Å². The van der Waals surface area contributed by atoms with Crippen molar-refractivity contribution in [2.75, 3.05) is 39.3 Å². The van der Waals surface area contributed by atoms with Crippen molar-refractivity contribution < 1.29 is 23.9 Å². The molecule has 9 heteroatoms. The molecule has 3 amide bonds. The highest BCUT2D eigenvalue weighted by molar-refractivity contribution is 6.24. The van der Waals surface area contributed by atoms with Crippen molar-refractivity contribution in [3.63, 3.8) is 0 Å². The van der Waals surface area contributed by atoms with Crippen LogP contribution in [0.5, 0.6) is 0 Å². The van der Waals surface area contributed by atoms with Gasteiger partial charge in [0.15, 0.2) is 6.61 Å². The Morgan fingerprint density at radius 2 is 1.60 bits per heavy atom. The number of amides is 3. The van der Waals surface area contributed by atoms with Crippen LogP contribution in [0.25, 0.3) is 0 Å². The first-order chi connectivity index (χ1) is 14.2. The van der Waals surface area contributed by atoms with Crippen LogP contribution in [0.15, 0.2) is 0 Å². The summed E-state index contributed by atoms with van der Waals surface area (Å²) < 4.78 is 5.07. The molecule has 0 aromatic heterocycles. The van der Waals surface area contributed by atoms with Gasteiger partial charge in [0, 0.05) is 38.0 Å². The van der Waals surface area contributed by atoms with Crippen LogP contribution in [0.1, 0.15) is 45.4 Å². The predicted molar refractivity (Wildman–Crippen MR) is 109 cm³/mol. The molecule has 4 aliphatic carbocycles. The Balaban J connectivity index is 1.20. The summed E-state index contributed by atoms with van der Waals surface area (Å²) in [5.74, 6) is -0.0221. The minimum Gasteiger partial charge on any atom is -0.454 e. The third-order valence-electron chi connectivity index (χ3n) is 7.30. The van der Waals surface area contributed by atoms with Crippen molar-refractivity contribution in [1.82, 2.24) is 15.1 Å². The maximum atomic E-state index is 12.9. The van der Waals surface area contributed by atoms with Crippen LogP contribution in [0.4, 0.5) is 0 Å². The first kappa shape index (κ1) is 21.4. The highest BCUT2D eigenvalue weighted by Gasteiger charge is 2.60. The van der Waals surface area contributed by atoms with E-state index >= 15 is 0 Å². The van der Waals surface area contributed by atoms with Gasteiger partial charge in [-0.15, -0.1) is 11.6 Å². The molecule has 5 fully saturated rings. The molecule has 1 saturated heterocycles. The Hall–Kier alpha value is -1.83. The molecule has 0 aromatic rings. The average Bonchev–Trinajstić information content (AvgIpc) is 2.68. The Bertz CT molecular complexity index is 735. The fourth-order valence-electron chi connectivity index (χ4n) is 6.31. The van der Waals surface area contributed by atoms with Gasteiger partial charge in [-0.05, 0) is 50.4 Å². The lowest BCUT2D eigenvalue weighted by molar-refractivity contribution is -0.154. The number of alkyl halides is 1. The van der Waals surface area contributed by atoms with Crippen LogP contribution in [0, 0.1) is 17.3 Å². The molecule has 4 saturated carbocycles. The van der Waals surface area contributed by atoms with Crippen molar-refractivity contribution >= 4 is 35.3 Å². The van der Waals surface area contributed by atoms with Gasteiger partial charge in [-0.3, -0.25) is 19.2 Å². The smallest absolute Gasteiger partial charge is 0.325 e. The molecule has 166 valence electrons. The van der Waals surface area contributed by atoms with Crippen LogP contribution in [0.2, 0.25) is 0 Å². The molecule has 0 unspecified atom stereocenters. The van der Waals surface area contributed by atoms with Crippen LogP contribution < -0.4 is 5.32 Å². The van der Waals surface area contributed by atoms with E-state index in [2.05, 4.69) is 5.32 Å². The Labute approximate surface area is 181 Å². The summed E-state index contributed by atoms with van der Waals surface area (Å²) in [6.45, 7) is 2.74. The molecule has 0 radical (unpaired) electrons. The number of hydrogen-bond donors (Lipinski definition) is 1. The second-order valence-corrected chi connectivity index (χ2v) is 10.4. The third kappa shape index (κ3) is 4.29. The number of halogens is 1. The summed E-state index contributed by atoms with van der Waals surface area (Å²) in [4.78, 5) is 51.6. The molecule has 1 N–H and O–H groups in total. The van der Waals surface area contributed by atoms with Gasteiger partial charge in [0.2, 0.25) is 11.8 Å². The molecule has 2 atom stereocenters. The number of nitrogens with zero attached hydrogens (tertiary/aromatic N) is 2. The van der Waals surface area contributed by atoms with E-state index in [-0.39, 0.29) is 35.7 Å². The van der Waals surface area contributed by atoms with E-state index in [4.69, 9.17) is 16.3 Å². The third-order valence-corrected chi connectivity index (χ3v) is 7.74. The molecule has 5 rings (SSSR count).